The van der Waals surface area contributed by atoms with Gasteiger partial charge in [0.2, 0.25) is 0 Å². The normalized spacial score (nSPS) is 10.1. The summed E-state index contributed by atoms with van der Waals surface area (Å²) in [4.78, 5) is 46.9. The summed E-state index contributed by atoms with van der Waals surface area (Å²) in [6, 6.07) is 12.8. The van der Waals surface area contributed by atoms with Gasteiger partial charge in [-0.3, -0.25) is 30.0 Å². The van der Waals surface area contributed by atoms with Crippen molar-refractivity contribution < 1.29 is 28.7 Å². The van der Waals surface area contributed by atoms with Crippen molar-refractivity contribution in [3.8, 4) is 5.75 Å². The number of hydrogen-bond donors (Lipinski definition) is 3. The molecule has 170 valence electrons. The summed E-state index contributed by atoms with van der Waals surface area (Å²) in [6.07, 6.45) is 0.341. The Morgan fingerprint density at radius 3 is 1.97 bits per heavy atom. The number of carbonyl (C=O) groups excluding carboxylic acids is 4. The van der Waals surface area contributed by atoms with Crippen LogP contribution in [-0.4, -0.2) is 43.4 Å². The van der Waals surface area contributed by atoms with Gasteiger partial charge in [0.1, 0.15) is 5.75 Å². The Bertz CT molecular complexity index is 936. The average molecular weight is 482 g/mol. The number of ether oxygens (including phenoxy) is 2. The molecule has 0 radical (unpaired) electrons. The van der Waals surface area contributed by atoms with E-state index < -0.39 is 24.4 Å². The van der Waals surface area contributed by atoms with E-state index in [0.717, 1.165) is 0 Å². The molecule has 0 unspecified atom stereocenters. The first-order valence-electron chi connectivity index (χ1n) is 9.49. The molecular formula is C21H21Cl2N3O6. The second-order valence-corrected chi connectivity index (χ2v) is 7.24. The molecule has 0 heterocycles. The van der Waals surface area contributed by atoms with E-state index in [1.54, 1.807) is 48.5 Å². The van der Waals surface area contributed by atoms with Crippen molar-refractivity contribution in [2.75, 3.05) is 19.8 Å². The Kier molecular flexibility index (Phi) is 10.3. The van der Waals surface area contributed by atoms with Crippen molar-refractivity contribution in [3.05, 3.63) is 64.1 Å². The molecule has 0 saturated carbocycles. The predicted octanol–water partition coefficient (Wildman–Crippen LogP) is 2.27. The second-order valence-electron chi connectivity index (χ2n) is 6.37. The number of hydrazine groups is 1. The Balaban J connectivity index is 1.53. The highest BCUT2D eigenvalue weighted by Crippen LogP contribution is 2.15. The first-order valence-corrected chi connectivity index (χ1v) is 10.2. The maximum atomic E-state index is 11.9. The molecule has 2 aromatic carbocycles. The summed E-state index contributed by atoms with van der Waals surface area (Å²) in [5.74, 6) is -1.78. The van der Waals surface area contributed by atoms with E-state index in [-0.39, 0.29) is 25.5 Å². The summed E-state index contributed by atoms with van der Waals surface area (Å²) in [6.45, 7) is -0.635. The van der Waals surface area contributed by atoms with Crippen molar-refractivity contribution in [2.45, 2.75) is 12.8 Å². The highest BCUT2D eigenvalue weighted by atomic mass is 35.5. The fourth-order valence-electron chi connectivity index (χ4n) is 2.25. The average Bonchev–Trinajstić information content (AvgIpc) is 2.79. The molecule has 3 N–H and O–H groups in total. The lowest BCUT2D eigenvalue weighted by molar-refractivity contribution is -0.149. The molecule has 0 bridgehead atoms. The number of rotatable bonds is 10. The van der Waals surface area contributed by atoms with Crippen LogP contribution in [0.15, 0.2) is 48.5 Å². The van der Waals surface area contributed by atoms with E-state index >= 15 is 0 Å². The van der Waals surface area contributed by atoms with E-state index in [4.69, 9.17) is 32.7 Å². The van der Waals surface area contributed by atoms with Gasteiger partial charge in [-0.25, -0.2) is 0 Å². The van der Waals surface area contributed by atoms with Gasteiger partial charge in [-0.1, -0.05) is 23.2 Å². The van der Waals surface area contributed by atoms with E-state index in [1.165, 1.54) is 0 Å². The molecule has 3 amide bonds. The number of esters is 1. The van der Waals surface area contributed by atoms with E-state index in [2.05, 4.69) is 16.2 Å². The van der Waals surface area contributed by atoms with Gasteiger partial charge in [0.05, 0.1) is 0 Å². The third kappa shape index (κ3) is 9.67. The largest absolute Gasteiger partial charge is 0.484 e. The summed E-state index contributed by atoms with van der Waals surface area (Å²) in [5.41, 5.74) is 4.69. The number of benzene rings is 2. The van der Waals surface area contributed by atoms with Gasteiger partial charge in [0.15, 0.2) is 13.2 Å². The lowest BCUT2D eigenvalue weighted by atomic mass is 10.2. The molecule has 0 aliphatic heterocycles. The lowest BCUT2D eigenvalue weighted by Crippen LogP contribution is -2.45. The standard InChI is InChI=1S/C21H21Cl2N3O6/c22-15-5-3-14(4-6-15)21(30)24-11-1-2-20(29)32-13-19(28)26-25-18(27)12-31-17-9-7-16(23)8-10-17/h3-10H,1-2,11-13H2,(H,24,30)(H,25,27)(H,26,28). The van der Waals surface area contributed by atoms with E-state index in [0.29, 0.717) is 27.8 Å². The van der Waals surface area contributed by atoms with Crippen molar-refractivity contribution >= 4 is 46.9 Å². The Morgan fingerprint density at radius 1 is 0.781 bits per heavy atom. The van der Waals surface area contributed by atoms with Crippen LogP contribution < -0.4 is 20.9 Å². The Labute approximate surface area is 194 Å². The van der Waals surface area contributed by atoms with Crippen LogP contribution in [0.3, 0.4) is 0 Å². The van der Waals surface area contributed by atoms with Crippen molar-refractivity contribution in [1.29, 1.82) is 0 Å². The van der Waals surface area contributed by atoms with Crippen LogP contribution in [0.2, 0.25) is 10.0 Å². The van der Waals surface area contributed by atoms with Crippen LogP contribution in [0.25, 0.3) is 0 Å². The quantitative estimate of drug-likeness (QED) is 0.271. The third-order valence-corrected chi connectivity index (χ3v) is 4.34. The van der Waals surface area contributed by atoms with Gasteiger partial charge in [0.25, 0.3) is 17.7 Å². The van der Waals surface area contributed by atoms with Gasteiger partial charge >= 0.3 is 5.97 Å². The van der Waals surface area contributed by atoms with Crippen LogP contribution in [0.5, 0.6) is 5.75 Å². The fraction of sp³-hybridized carbons (Fsp3) is 0.238. The van der Waals surface area contributed by atoms with Crippen LogP contribution in [0.1, 0.15) is 23.2 Å². The monoisotopic (exact) mass is 481 g/mol. The molecule has 0 aromatic heterocycles. The van der Waals surface area contributed by atoms with Crippen LogP contribution in [0.4, 0.5) is 0 Å². The fourth-order valence-corrected chi connectivity index (χ4v) is 2.50. The zero-order valence-corrected chi connectivity index (χ0v) is 18.4. The summed E-state index contributed by atoms with van der Waals surface area (Å²) < 4.78 is 10.0. The second kappa shape index (κ2) is 13.2. The molecule has 2 rings (SSSR count). The molecule has 0 fully saturated rings. The summed E-state index contributed by atoms with van der Waals surface area (Å²) in [5, 5.41) is 3.72. The molecule has 2 aromatic rings. The van der Waals surface area contributed by atoms with Crippen molar-refractivity contribution in [3.63, 3.8) is 0 Å². The van der Waals surface area contributed by atoms with Gasteiger partial charge < -0.3 is 14.8 Å². The molecule has 0 aliphatic rings. The topological polar surface area (TPSA) is 123 Å². The Hall–Kier alpha value is -3.30. The third-order valence-electron chi connectivity index (χ3n) is 3.84. The molecule has 0 saturated heterocycles. The predicted molar refractivity (Wildman–Crippen MR) is 117 cm³/mol. The number of carbonyl (C=O) groups is 4. The molecule has 11 heteroatoms. The van der Waals surface area contributed by atoms with Crippen LogP contribution in [-0.2, 0) is 19.1 Å². The molecule has 0 spiro atoms. The van der Waals surface area contributed by atoms with Gasteiger partial charge in [0, 0.05) is 28.6 Å². The SMILES string of the molecule is O=C(COC(=O)CCCNC(=O)c1ccc(Cl)cc1)NNC(=O)COc1ccc(Cl)cc1. The van der Waals surface area contributed by atoms with E-state index in [9.17, 15) is 19.2 Å². The van der Waals surface area contributed by atoms with Gasteiger partial charge in [-0.05, 0) is 55.0 Å². The zero-order chi connectivity index (χ0) is 23.3. The highest BCUT2D eigenvalue weighted by molar-refractivity contribution is 6.30. The molecule has 0 aliphatic carbocycles. The smallest absolute Gasteiger partial charge is 0.306 e. The number of hydrogen-bond acceptors (Lipinski definition) is 6. The molecule has 9 nitrogen and oxygen atoms in total. The maximum absolute atomic E-state index is 11.9. The minimum atomic E-state index is -0.714. The van der Waals surface area contributed by atoms with Gasteiger partial charge in [-0.2, -0.15) is 0 Å². The van der Waals surface area contributed by atoms with Gasteiger partial charge in [-0.15, -0.1) is 0 Å². The van der Waals surface area contributed by atoms with Crippen molar-refractivity contribution in [1.82, 2.24) is 16.2 Å². The number of nitrogens with one attached hydrogen (secondary N) is 3. The summed E-state index contributed by atoms with van der Waals surface area (Å²) in [7, 11) is 0. The first-order chi connectivity index (χ1) is 15.3. The van der Waals surface area contributed by atoms with Crippen molar-refractivity contribution in [2.24, 2.45) is 0 Å². The minimum Gasteiger partial charge on any atom is -0.484 e. The maximum Gasteiger partial charge on any atom is 0.306 e. The molecule has 32 heavy (non-hydrogen) atoms. The zero-order valence-electron chi connectivity index (χ0n) is 16.9. The van der Waals surface area contributed by atoms with E-state index in [1.807, 2.05) is 0 Å². The minimum absolute atomic E-state index is 0.00939. The molecule has 0 atom stereocenters. The highest BCUT2D eigenvalue weighted by Gasteiger charge is 2.10. The lowest BCUT2D eigenvalue weighted by Gasteiger charge is -2.09. The Morgan fingerprint density at radius 2 is 1.34 bits per heavy atom. The molecular weight excluding hydrogens is 461 g/mol. The number of halogens is 2. The van der Waals surface area contributed by atoms with Crippen LogP contribution >= 0.6 is 23.2 Å². The van der Waals surface area contributed by atoms with Crippen LogP contribution in [0, 0.1) is 0 Å². The number of amides is 3. The first kappa shape index (κ1) is 25.0. The summed E-state index contributed by atoms with van der Waals surface area (Å²) >= 11 is 11.5.